The quantitative estimate of drug-likeness (QED) is 0.806. The predicted octanol–water partition coefficient (Wildman–Crippen LogP) is 2.94. The van der Waals surface area contributed by atoms with E-state index in [4.69, 9.17) is 0 Å². The van der Waals surface area contributed by atoms with Crippen LogP contribution >= 0.6 is 0 Å². The zero-order chi connectivity index (χ0) is 15.1. The van der Waals surface area contributed by atoms with Gasteiger partial charge in [-0.25, -0.2) is 13.8 Å². The van der Waals surface area contributed by atoms with Crippen LogP contribution in [0.4, 0.5) is 14.6 Å². The summed E-state index contributed by atoms with van der Waals surface area (Å²) in [6.45, 7) is 5.85. The number of halogens is 2. The van der Waals surface area contributed by atoms with Crippen LogP contribution in [-0.2, 0) is 6.42 Å². The van der Waals surface area contributed by atoms with Crippen molar-refractivity contribution in [2.75, 3.05) is 5.32 Å². The first-order valence-electron chi connectivity index (χ1n) is 6.80. The van der Waals surface area contributed by atoms with E-state index in [0.717, 1.165) is 12.1 Å². The van der Waals surface area contributed by atoms with Crippen LogP contribution < -0.4 is 5.32 Å². The molecule has 7 heteroatoms. The number of rotatable bonds is 3. The van der Waals surface area contributed by atoms with Crippen molar-refractivity contribution in [3.63, 3.8) is 0 Å². The zero-order valence-electron chi connectivity index (χ0n) is 12.0. The highest BCUT2D eigenvalue weighted by Gasteiger charge is 2.16. The standard InChI is InChI=1S/C14H15F2N5/c1-4-12-19-20-14-13(17-7(2)3)18-10-5-8(15)9(16)6-11(10)21(12)14/h5-7H,4H2,1-3H3,(H,17,18). The number of nitrogens with zero attached hydrogens (tertiary/aromatic N) is 4. The minimum absolute atomic E-state index is 0.130. The van der Waals surface area contributed by atoms with Crippen molar-refractivity contribution in [2.45, 2.75) is 33.2 Å². The third-order valence-corrected chi connectivity index (χ3v) is 3.17. The van der Waals surface area contributed by atoms with E-state index in [1.165, 1.54) is 0 Å². The highest BCUT2D eigenvalue weighted by Crippen LogP contribution is 2.24. The number of anilines is 1. The van der Waals surface area contributed by atoms with Gasteiger partial charge in [-0.1, -0.05) is 6.92 Å². The van der Waals surface area contributed by atoms with Gasteiger partial charge < -0.3 is 5.32 Å². The van der Waals surface area contributed by atoms with E-state index in [2.05, 4.69) is 20.5 Å². The molecule has 1 N–H and O–H groups in total. The average molecular weight is 291 g/mol. The fourth-order valence-corrected chi connectivity index (χ4v) is 2.29. The predicted molar refractivity (Wildman–Crippen MR) is 76.3 cm³/mol. The molecule has 0 saturated carbocycles. The van der Waals surface area contributed by atoms with Gasteiger partial charge in [-0.3, -0.25) is 4.40 Å². The Hall–Kier alpha value is -2.31. The number of benzene rings is 1. The molecule has 0 aliphatic heterocycles. The minimum atomic E-state index is -0.920. The Labute approximate surface area is 120 Å². The van der Waals surface area contributed by atoms with Crippen LogP contribution in [0.2, 0.25) is 0 Å². The van der Waals surface area contributed by atoms with Gasteiger partial charge in [-0.05, 0) is 13.8 Å². The van der Waals surface area contributed by atoms with Crippen molar-refractivity contribution in [3.8, 4) is 0 Å². The molecule has 0 radical (unpaired) electrons. The van der Waals surface area contributed by atoms with Gasteiger partial charge in [0.15, 0.2) is 17.5 Å². The number of nitrogens with one attached hydrogen (secondary N) is 1. The summed E-state index contributed by atoms with van der Waals surface area (Å²) in [6.07, 6.45) is 0.625. The van der Waals surface area contributed by atoms with E-state index < -0.39 is 11.6 Å². The molecule has 3 rings (SSSR count). The molecule has 1 aromatic carbocycles. The lowest BCUT2D eigenvalue weighted by atomic mass is 10.2. The zero-order valence-corrected chi connectivity index (χ0v) is 12.0. The van der Waals surface area contributed by atoms with Gasteiger partial charge in [0, 0.05) is 24.6 Å². The highest BCUT2D eigenvalue weighted by molar-refractivity contribution is 5.83. The number of fused-ring (bicyclic) bond motifs is 3. The molecule has 2 heterocycles. The number of hydrogen-bond donors (Lipinski definition) is 1. The smallest absolute Gasteiger partial charge is 0.204 e. The van der Waals surface area contributed by atoms with Crippen LogP contribution in [-0.4, -0.2) is 25.6 Å². The van der Waals surface area contributed by atoms with E-state index in [9.17, 15) is 8.78 Å². The Morgan fingerprint density at radius 1 is 1.19 bits per heavy atom. The summed E-state index contributed by atoms with van der Waals surface area (Å²) >= 11 is 0. The summed E-state index contributed by atoms with van der Waals surface area (Å²) in [5.74, 6) is -0.646. The fraction of sp³-hybridized carbons (Fsp3) is 0.357. The average Bonchev–Trinajstić information content (AvgIpc) is 2.85. The molecule has 0 spiro atoms. The topological polar surface area (TPSA) is 55.1 Å². The van der Waals surface area contributed by atoms with Crippen molar-refractivity contribution in [2.24, 2.45) is 0 Å². The highest BCUT2D eigenvalue weighted by atomic mass is 19.2. The second kappa shape index (κ2) is 4.91. The molecule has 2 aromatic heterocycles. The van der Waals surface area contributed by atoms with Crippen molar-refractivity contribution >= 4 is 22.5 Å². The first kappa shape index (κ1) is 13.7. The van der Waals surface area contributed by atoms with Gasteiger partial charge in [0.2, 0.25) is 5.65 Å². The van der Waals surface area contributed by atoms with E-state index in [-0.39, 0.29) is 6.04 Å². The summed E-state index contributed by atoms with van der Waals surface area (Å²) in [5, 5.41) is 11.4. The lowest BCUT2D eigenvalue weighted by molar-refractivity contribution is 0.510. The maximum absolute atomic E-state index is 13.6. The molecule has 0 atom stereocenters. The van der Waals surface area contributed by atoms with Crippen LogP contribution in [0.15, 0.2) is 12.1 Å². The summed E-state index contributed by atoms with van der Waals surface area (Å²) in [7, 11) is 0. The van der Waals surface area contributed by atoms with Crippen molar-refractivity contribution in [1.82, 2.24) is 19.6 Å². The molecule has 5 nitrogen and oxygen atoms in total. The third kappa shape index (κ3) is 2.18. The van der Waals surface area contributed by atoms with Crippen molar-refractivity contribution in [1.29, 1.82) is 0 Å². The third-order valence-electron chi connectivity index (χ3n) is 3.17. The molecule has 110 valence electrons. The SMILES string of the molecule is CCc1nnc2c(NC(C)C)nc3cc(F)c(F)cc3n12. The van der Waals surface area contributed by atoms with E-state index in [1.54, 1.807) is 4.40 Å². The first-order valence-corrected chi connectivity index (χ1v) is 6.80. The number of aryl methyl sites for hydroxylation is 1. The molecule has 0 bridgehead atoms. The van der Waals surface area contributed by atoms with Crippen LogP contribution in [0, 0.1) is 11.6 Å². The Bertz CT molecular complexity index is 825. The molecule has 0 amide bonds. The second-order valence-corrected chi connectivity index (χ2v) is 5.14. The van der Waals surface area contributed by atoms with Gasteiger partial charge in [-0.15, -0.1) is 10.2 Å². The first-order chi connectivity index (χ1) is 10.0. The molecule has 0 aliphatic carbocycles. The monoisotopic (exact) mass is 291 g/mol. The van der Waals surface area contributed by atoms with Gasteiger partial charge in [-0.2, -0.15) is 0 Å². The van der Waals surface area contributed by atoms with Crippen molar-refractivity contribution < 1.29 is 8.78 Å². The molecular formula is C14H15F2N5. The summed E-state index contributed by atoms with van der Waals surface area (Å²) in [4.78, 5) is 4.35. The maximum atomic E-state index is 13.6. The Morgan fingerprint density at radius 2 is 1.90 bits per heavy atom. The van der Waals surface area contributed by atoms with Gasteiger partial charge >= 0.3 is 0 Å². The van der Waals surface area contributed by atoms with Crippen LogP contribution in [0.1, 0.15) is 26.6 Å². The Morgan fingerprint density at radius 3 is 2.57 bits per heavy atom. The molecule has 3 aromatic rings. The van der Waals surface area contributed by atoms with Crippen LogP contribution in [0.25, 0.3) is 16.7 Å². The van der Waals surface area contributed by atoms with E-state index in [1.807, 2.05) is 20.8 Å². The summed E-state index contributed by atoms with van der Waals surface area (Å²) in [6, 6.07) is 2.35. The van der Waals surface area contributed by atoms with E-state index >= 15 is 0 Å². The summed E-state index contributed by atoms with van der Waals surface area (Å²) in [5.41, 5.74) is 1.33. The fourth-order valence-electron chi connectivity index (χ4n) is 2.29. The Balaban J connectivity index is 2.43. The largest absolute Gasteiger partial charge is 0.365 e. The number of hydrogen-bond acceptors (Lipinski definition) is 4. The van der Waals surface area contributed by atoms with Gasteiger partial charge in [0.05, 0.1) is 11.0 Å². The van der Waals surface area contributed by atoms with Crippen LogP contribution in [0.5, 0.6) is 0 Å². The van der Waals surface area contributed by atoms with Gasteiger partial charge in [0.25, 0.3) is 0 Å². The lowest BCUT2D eigenvalue weighted by Crippen LogP contribution is -2.13. The van der Waals surface area contributed by atoms with Gasteiger partial charge in [0.1, 0.15) is 5.82 Å². The molecule has 0 saturated heterocycles. The van der Waals surface area contributed by atoms with E-state index in [0.29, 0.717) is 34.7 Å². The maximum Gasteiger partial charge on any atom is 0.204 e. The lowest BCUT2D eigenvalue weighted by Gasteiger charge is -2.12. The molecule has 0 fully saturated rings. The molecule has 0 aliphatic rings. The second-order valence-electron chi connectivity index (χ2n) is 5.14. The normalized spacial score (nSPS) is 11.7. The summed E-state index contributed by atoms with van der Waals surface area (Å²) < 4.78 is 28.7. The van der Waals surface area contributed by atoms with Crippen LogP contribution in [0.3, 0.4) is 0 Å². The Kier molecular flexibility index (Phi) is 3.19. The molecular weight excluding hydrogens is 276 g/mol. The number of aromatic nitrogens is 4. The van der Waals surface area contributed by atoms with Crippen molar-refractivity contribution in [3.05, 3.63) is 29.6 Å². The molecule has 21 heavy (non-hydrogen) atoms. The molecule has 0 unspecified atom stereocenters. The minimum Gasteiger partial charge on any atom is -0.365 e.